The Morgan fingerprint density at radius 1 is 0.453 bits per heavy atom. The standard InChI is InChI=1S/C52H94O12/c1-4-6-8-22-31-47(60-42-39-54)33-24-18-14-10-12-16-20-26-35-50(56)62-44-49(45-63-51(57)36-29-28-30-46(3)59-41-38-53)64-52(58)37-27-21-17-13-11-15-19-25-34-48(61-43-40-55)32-23-9-7-5-2/h18-19,24-25,28-29,46-49,53-55H,4-17,20-23,26-27,30-45H2,1-3H3/b24-18+,25-19+,29-28+. The molecule has 0 aromatic carbocycles. The molecule has 0 aromatic rings. The molecule has 0 saturated carbocycles. The van der Waals surface area contributed by atoms with Gasteiger partial charge >= 0.3 is 17.9 Å². The van der Waals surface area contributed by atoms with Gasteiger partial charge in [-0.15, -0.1) is 0 Å². The van der Waals surface area contributed by atoms with Crippen molar-refractivity contribution >= 4 is 17.9 Å². The highest BCUT2D eigenvalue weighted by Gasteiger charge is 2.19. The number of hydrogen-bond acceptors (Lipinski definition) is 12. The van der Waals surface area contributed by atoms with Crippen LogP contribution in [0.5, 0.6) is 0 Å². The van der Waals surface area contributed by atoms with Crippen LogP contribution >= 0.6 is 0 Å². The maximum atomic E-state index is 12.8. The van der Waals surface area contributed by atoms with Crippen molar-refractivity contribution < 1.29 is 58.1 Å². The molecule has 0 spiro atoms. The summed E-state index contributed by atoms with van der Waals surface area (Å²) >= 11 is 0. The van der Waals surface area contributed by atoms with Crippen molar-refractivity contribution in [3.05, 3.63) is 36.5 Å². The predicted molar refractivity (Wildman–Crippen MR) is 256 cm³/mol. The molecule has 0 aliphatic heterocycles. The van der Waals surface area contributed by atoms with Crippen LogP contribution < -0.4 is 0 Å². The molecule has 12 nitrogen and oxygen atoms in total. The van der Waals surface area contributed by atoms with Crippen molar-refractivity contribution in [1.29, 1.82) is 0 Å². The Bertz CT molecular complexity index is 1140. The van der Waals surface area contributed by atoms with Gasteiger partial charge in [0.1, 0.15) is 13.2 Å². The highest BCUT2D eigenvalue weighted by atomic mass is 16.6. The summed E-state index contributed by atoms with van der Waals surface area (Å²) in [5.74, 6) is -1.25. The molecule has 0 aliphatic carbocycles. The van der Waals surface area contributed by atoms with Gasteiger partial charge in [-0.25, -0.2) is 0 Å². The summed E-state index contributed by atoms with van der Waals surface area (Å²) in [4.78, 5) is 37.9. The molecular formula is C52H94O12. The zero-order valence-electron chi connectivity index (χ0n) is 40.7. The number of ether oxygens (including phenoxy) is 6. The number of aliphatic hydroxyl groups excluding tert-OH is 3. The first-order valence-electron chi connectivity index (χ1n) is 25.4. The van der Waals surface area contributed by atoms with Crippen molar-refractivity contribution in [3.8, 4) is 0 Å². The van der Waals surface area contributed by atoms with Gasteiger partial charge in [-0.2, -0.15) is 0 Å². The molecule has 4 atom stereocenters. The Kier molecular flexibility index (Phi) is 46.4. The van der Waals surface area contributed by atoms with Gasteiger partial charge in [-0.3, -0.25) is 14.4 Å². The van der Waals surface area contributed by atoms with Gasteiger partial charge in [-0.05, 0) is 77.6 Å². The molecule has 0 saturated heterocycles. The number of unbranched alkanes of at least 4 members (excludes halogenated alkanes) is 16. The maximum Gasteiger partial charge on any atom is 0.309 e. The second-order valence-corrected chi connectivity index (χ2v) is 17.0. The van der Waals surface area contributed by atoms with Gasteiger partial charge in [0.15, 0.2) is 6.10 Å². The van der Waals surface area contributed by atoms with E-state index in [-0.39, 0.29) is 83.2 Å². The minimum absolute atomic E-state index is 0.0397. The fourth-order valence-corrected chi connectivity index (χ4v) is 7.08. The number of allylic oxidation sites excluding steroid dienone is 2. The van der Waals surface area contributed by atoms with E-state index >= 15 is 0 Å². The molecule has 0 aliphatic rings. The lowest BCUT2D eigenvalue weighted by atomic mass is 10.1. The molecular weight excluding hydrogens is 817 g/mol. The number of aliphatic hydroxyl groups is 3. The molecule has 0 aromatic heterocycles. The molecule has 4 unspecified atom stereocenters. The Balaban J connectivity index is 4.64. The van der Waals surface area contributed by atoms with Gasteiger partial charge < -0.3 is 43.7 Å². The van der Waals surface area contributed by atoms with E-state index in [1.54, 1.807) is 6.08 Å². The molecule has 0 bridgehead atoms. The molecule has 0 heterocycles. The van der Waals surface area contributed by atoms with E-state index in [0.717, 1.165) is 103 Å². The Labute approximate surface area is 389 Å². The van der Waals surface area contributed by atoms with Gasteiger partial charge in [0.25, 0.3) is 0 Å². The van der Waals surface area contributed by atoms with Gasteiger partial charge in [0, 0.05) is 12.8 Å². The molecule has 12 heteroatoms. The van der Waals surface area contributed by atoms with Crippen molar-refractivity contribution in [2.24, 2.45) is 0 Å². The molecule has 64 heavy (non-hydrogen) atoms. The van der Waals surface area contributed by atoms with Crippen LogP contribution in [0.1, 0.15) is 201 Å². The lowest BCUT2D eigenvalue weighted by Crippen LogP contribution is -2.30. The summed E-state index contributed by atoms with van der Waals surface area (Å²) in [6.45, 7) is 7.01. The van der Waals surface area contributed by atoms with E-state index < -0.39 is 18.0 Å². The summed E-state index contributed by atoms with van der Waals surface area (Å²) in [5.41, 5.74) is 0. The van der Waals surface area contributed by atoms with Crippen LogP contribution in [0.15, 0.2) is 36.5 Å². The molecule has 3 N–H and O–H groups in total. The number of carbonyl (C=O) groups is 3. The minimum atomic E-state index is -0.890. The Hall–Kier alpha value is -2.61. The van der Waals surface area contributed by atoms with E-state index in [1.807, 2.05) is 13.0 Å². The smallest absolute Gasteiger partial charge is 0.309 e. The second-order valence-electron chi connectivity index (χ2n) is 17.0. The molecule has 0 radical (unpaired) electrons. The average molecular weight is 911 g/mol. The first-order chi connectivity index (χ1) is 31.3. The zero-order chi connectivity index (χ0) is 47.0. The average Bonchev–Trinajstić information content (AvgIpc) is 3.29. The Morgan fingerprint density at radius 3 is 1.41 bits per heavy atom. The van der Waals surface area contributed by atoms with E-state index in [1.165, 1.54) is 38.5 Å². The van der Waals surface area contributed by atoms with Crippen molar-refractivity contribution in [2.75, 3.05) is 52.9 Å². The highest BCUT2D eigenvalue weighted by Crippen LogP contribution is 2.16. The highest BCUT2D eigenvalue weighted by molar-refractivity contribution is 5.72. The minimum Gasteiger partial charge on any atom is -0.462 e. The van der Waals surface area contributed by atoms with Crippen LogP contribution in [-0.4, -0.2) is 110 Å². The van der Waals surface area contributed by atoms with Crippen LogP contribution in [-0.2, 0) is 42.8 Å². The van der Waals surface area contributed by atoms with E-state index in [9.17, 15) is 14.4 Å². The lowest BCUT2D eigenvalue weighted by Gasteiger charge is -2.18. The molecule has 374 valence electrons. The van der Waals surface area contributed by atoms with Crippen molar-refractivity contribution in [3.63, 3.8) is 0 Å². The van der Waals surface area contributed by atoms with Crippen LogP contribution in [0.25, 0.3) is 0 Å². The van der Waals surface area contributed by atoms with Gasteiger partial charge in [0.05, 0.1) is 64.4 Å². The topological polar surface area (TPSA) is 167 Å². The number of carbonyl (C=O) groups excluding carboxylic acids is 3. The fourth-order valence-electron chi connectivity index (χ4n) is 7.08. The Morgan fingerprint density at radius 2 is 0.891 bits per heavy atom. The lowest BCUT2D eigenvalue weighted by molar-refractivity contribution is -0.166. The molecule has 0 amide bonds. The summed E-state index contributed by atoms with van der Waals surface area (Å²) < 4.78 is 33.6. The summed E-state index contributed by atoms with van der Waals surface area (Å²) in [6.07, 6.45) is 37.9. The van der Waals surface area contributed by atoms with Gasteiger partial charge in [0.2, 0.25) is 0 Å². The van der Waals surface area contributed by atoms with Crippen LogP contribution in [0, 0.1) is 0 Å². The molecule has 0 rings (SSSR count). The largest absolute Gasteiger partial charge is 0.462 e. The van der Waals surface area contributed by atoms with Gasteiger partial charge in [-0.1, -0.05) is 140 Å². The number of esters is 3. The van der Waals surface area contributed by atoms with E-state index in [4.69, 9.17) is 43.7 Å². The first-order valence-corrected chi connectivity index (χ1v) is 25.4. The fraction of sp³-hybridized carbons (Fsp3) is 0.827. The third-order valence-electron chi connectivity index (χ3n) is 10.9. The van der Waals surface area contributed by atoms with Crippen molar-refractivity contribution in [1.82, 2.24) is 0 Å². The third-order valence-corrected chi connectivity index (χ3v) is 10.9. The van der Waals surface area contributed by atoms with E-state index in [2.05, 4.69) is 38.2 Å². The SMILES string of the molecule is CCCCCCC(C/C=C/CCCCCCCC(=O)OCC(COC(=O)C/C=C/CC(C)OCCO)OC(=O)CCCCCCC/C=C/CC(CCCCCC)OCCO)OCCO. The second kappa shape index (κ2) is 48.3. The summed E-state index contributed by atoms with van der Waals surface area (Å²) in [7, 11) is 0. The van der Waals surface area contributed by atoms with Crippen LogP contribution in [0.4, 0.5) is 0 Å². The third kappa shape index (κ3) is 43.3. The summed E-state index contributed by atoms with van der Waals surface area (Å²) in [5, 5.41) is 27.2. The zero-order valence-corrected chi connectivity index (χ0v) is 40.7. The van der Waals surface area contributed by atoms with Crippen molar-refractivity contribution in [2.45, 2.75) is 225 Å². The van der Waals surface area contributed by atoms with Crippen LogP contribution in [0.2, 0.25) is 0 Å². The monoisotopic (exact) mass is 911 g/mol. The maximum absolute atomic E-state index is 12.8. The number of rotatable bonds is 48. The first kappa shape index (κ1) is 61.4. The van der Waals surface area contributed by atoms with E-state index in [0.29, 0.717) is 32.5 Å². The number of hydrogen-bond donors (Lipinski definition) is 3. The summed E-state index contributed by atoms with van der Waals surface area (Å²) in [6, 6.07) is 0. The predicted octanol–water partition coefficient (Wildman–Crippen LogP) is 10.8. The molecule has 0 fully saturated rings. The normalized spacial score (nSPS) is 13.8. The quantitative estimate of drug-likeness (QED) is 0.0229. The van der Waals surface area contributed by atoms with Crippen LogP contribution in [0.3, 0.4) is 0 Å².